The smallest absolute Gasteiger partial charge is 0.416 e. The van der Waals surface area contributed by atoms with E-state index in [9.17, 15) is 22.8 Å². The van der Waals surface area contributed by atoms with Crippen LogP contribution < -0.4 is 5.73 Å². The van der Waals surface area contributed by atoms with Crippen LogP contribution in [0.25, 0.3) is 0 Å². The summed E-state index contributed by atoms with van der Waals surface area (Å²) in [5.41, 5.74) is 6.85. The van der Waals surface area contributed by atoms with Crippen LogP contribution in [-0.2, 0) is 28.6 Å². The fourth-order valence-electron chi connectivity index (χ4n) is 4.04. The van der Waals surface area contributed by atoms with E-state index in [0.29, 0.717) is 18.9 Å². The Kier molecular flexibility index (Phi) is 9.05. The van der Waals surface area contributed by atoms with Crippen molar-refractivity contribution in [2.24, 2.45) is 11.7 Å². The number of nitrogens with zero attached hydrogens (tertiary/aromatic N) is 1. The van der Waals surface area contributed by atoms with Crippen LogP contribution in [0.5, 0.6) is 0 Å². The summed E-state index contributed by atoms with van der Waals surface area (Å²) in [7, 11) is 0. The van der Waals surface area contributed by atoms with Crippen LogP contribution in [0.15, 0.2) is 48.5 Å². The molecule has 1 unspecified atom stereocenters. The summed E-state index contributed by atoms with van der Waals surface area (Å²) in [6, 6.07) is 12.2. The summed E-state index contributed by atoms with van der Waals surface area (Å²) < 4.78 is 39.8. The number of carbonyl (C=O) groups is 2. The minimum atomic E-state index is -4.40. The molecule has 0 radical (unpaired) electrons. The molecule has 0 aliphatic carbocycles. The monoisotopic (exact) mass is 464 g/mol. The molecule has 0 fully saturated rings. The first-order valence-corrected chi connectivity index (χ1v) is 10.9. The summed E-state index contributed by atoms with van der Waals surface area (Å²) in [5.74, 6) is -0.668. The van der Waals surface area contributed by atoms with Crippen molar-refractivity contribution in [1.29, 1.82) is 0 Å². The van der Waals surface area contributed by atoms with Crippen LogP contribution in [0.4, 0.5) is 13.2 Å². The largest absolute Gasteiger partial charge is 0.480 e. The highest BCUT2D eigenvalue weighted by Crippen LogP contribution is 2.37. The average Bonchev–Trinajstić information content (AvgIpc) is 2.73. The molecule has 1 amide bonds. The minimum absolute atomic E-state index is 0.112. The first-order chi connectivity index (χ1) is 15.4. The number of benzene rings is 2. The van der Waals surface area contributed by atoms with Gasteiger partial charge in [-0.15, -0.1) is 0 Å². The van der Waals surface area contributed by atoms with Gasteiger partial charge in [0.05, 0.1) is 11.6 Å². The predicted octanol–water partition coefficient (Wildman–Crippen LogP) is 4.84. The SMILES string of the molecule is CC(=O)N1CCc2ccccc2C1Cc1ccccc1C(F)(F)F.CC(C)C[C@H](N)C(=O)O. The van der Waals surface area contributed by atoms with Crippen molar-refractivity contribution >= 4 is 11.9 Å². The number of halogens is 3. The zero-order valence-corrected chi connectivity index (χ0v) is 19.1. The number of hydrogen-bond acceptors (Lipinski definition) is 3. The van der Waals surface area contributed by atoms with Gasteiger partial charge in [0.2, 0.25) is 5.91 Å². The molecule has 2 atom stereocenters. The lowest BCUT2D eigenvalue weighted by atomic mass is 9.87. The van der Waals surface area contributed by atoms with E-state index in [1.165, 1.54) is 19.1 Å². The van der Waals surface area contributed by atoms with E-state index < -0.39 is 23.8 Å². The summed E-state index contributed by atoms with van der Waals surface area (Å²) in [6.45, 7) is 5.90. The maximum atomic E-state index is 13.3. The molecule has 2 aromatic carbocycles. The lowest BCUT2D eigenvalue weighted by Crippen LogP contribution is -2.40. The molecular formula is C25H31F3N2O3. The fraction of sp³-hybridized carbons (Fsp3) is 0.440. The lowest BCUT2D eigenvalue weighted by molar-refractivity contribution is -0.139. The van der Waals surface area contributed by atoms with Gasteiger partial charge in [-0.25, -0.2) is 0 Å². The summed E-state index contributed by atoms with van der Waals surface area (Å²) in [6.07, 6.45) is -2.96. The van der Waals surface area contributed by atoms with Gasteiger partial charge in [0.1, 0.15) is 6.04 Å². The van der Waals surface area contributed by atoms with Crippen LogP contribution >= 0.6 is 0 Å². The van der Waals surface area contributed by atoms with Gasteiger partial charge < -0.3 is 15.7 Å². The summed E-state index contributed by atoms with van der Waals surface area (Å²) >= 11 is 0. The molecular weight excluding hydrogens is 433 g/mol. The summed E-state index contributed by atoms with van der Waals surface area (Å²) in [4.78, 5) is 23.8. The number of alkyl halides is 3. The third-order valence-corrected chi connectivity index (χ3v) is 5.60. The highest BCUT2D eigenvalue weighted by Gasteiger charge is 2.35. The van der Waals surface area contributed by atoms with Crippen molar-refractivity contribution < 1.29 is 27.9 Å². The van der Waals surface area contributed by atoms with Gasteiger partial charge in [0.15, 0.2) is 0 Å². The number of carboxylic acids is 1. The maximum absolute atomic E-state index is 13.3. The Hall–Kier alpha value is -2.87. The van der Waals surface area contributed by atoms with E-state index >= 15 is 0 Å². The Morgan fingerprint density at radius 2 is 1.73 bits per heavy atom. The number of rotatable bonds is 5. The predicted molar refractivity (Wildman–Crippen MR) is 120 cm³/mol. The first kappa shape index (κ1) is 26.4. The van der Waals surface area contributed by atoms with E-state index in [-0.39, 0.29) is 23.9 Å². The van der Waals surface area contributed by atoms with E-state index in [4.69, 9.17) is 10.8 Å². The molecule has 3 rings (SSSR count). The maximum Gasteiger partial charge on any atom is 0.416 e. The summed E-state index contributed by atoms with van der Waals surface area (Å²) in [5, 5.41) is 8.31. The van der Waals surface area contributed by atoms with Crippen molar-refractivity contribution in [2.45, 2.75) is 58.3 Å². The second-order valence-corrected chi connectivity index (χ2v) is 8.61. The molecule has 5 nitrogen and oxygen atoms in total. The third-order valence-electron chi connectivity index (χ3n) is 5.60. The van der Waals surface area contributed by atoms with Gasteiger partial charge in [-0.1, -0.05) is 56.3 Å². The number of carbonyl (C=O) groups excluding carboxylic acids is 1. The lowest BCUT2D eigenvalue weighted by Gasteiger charge is -2.37. The van der Waals surface area contributed by atoms with Crippen molar-refractivity contribution in [3.63, 3.8) is 0 Å². The molecule has 0 saturated heterocycles. The number of fused-ring (bicyclic) bond motifs is 1. The Morgan fingerprint density at radius 1 is 1.12 bits per heavy atom. The van der Waals surface area contributed by atoms with Crippen molar-refractivity contribution in [3.05, 3.63) is 70.8 Å². The molecule has 0 saturated carbocycles. The molecule has 3 N–H and O–H groups in total. The highest BCUT2D eigenvalue weighted by molar-refractivity contribution is 5.74. The molecule has 180 valence electrons. The molecule has 1 heterocycles. The second kappa shape index (κ2) is 11.3. The molecule has 0 bridgehead atoms. The van der Waals surface area contributed by atoms with Gasteiger partial charge in [-0.2, -0.15) is 13.2 Å². The van der Waals surface area contributed by atoms with Crippen LogP contribution in [0.3, 0.4) is 0 Å². The molecule has 1 aliphatic rings. The standard InChI is InChI=1S/C19H18F3NO.C6H13NO2/c1-13(24)23-11-10-14-6-2-4-8-16(14)18(23)12-15-7-3-5-9-17(15)19(20,21)22;1-4(2)3-5(7)6(8)9/h2-9,18H,10-12H2,1H3;4-5H,3,7H2,1-2H3,(H,8,9)/t;5-/m.0/s1. The van der Waals surface area contributed by atoms with E-state index in [1.807, 2.05) is 38.1 Å². The van der Waals surface area contributed by atoms with Gasteiger partial charge in [0.25, 0.3) is 0 Å². The quantitative estimate of drug-likeness (QED) is 0.663. The van der Waals surface area contributed by atoms with Crippen molar-refractivity contribution in [1.82, 2.24) is 4.90 Å². The van der Waals surface area contributed by atoms with E-state index in [0.717, 1.165) is 23.6 Å². The third kappa shape index (κ3) is 7.32. The number of nitrogens with two attached hydrogens (primary N) is 1. The van der Waals surface area contributed by atoms with Crippen LogP contribution in [0.2, 0.25) is 0 Å². The van der Waals surface area contributed by atoms with Crippen molar-refractivity contribution in [3.8, 4) is 0 Å². The molecule has 8 heteroatoms. The van der Waals surface area contributed by atoms with E-state index in [2.05, 4.69) is 0 Å². The minimum Gasteiger partial charge on any atom is -0.480 e. The zero-order valence-electron chi connectivity index (χ0n) is 19.1. The number of carboxylic acid groups (broad SMARTS) is 1. The zero-order chi connectivity index (χ0) is 24.8. The molecule has 0 aromatic heterocycles. The highest BCUT2D eigenvalue weighted by atomic mass is 19.4. The first-order valence-electron chi connectivity index (χ1n) is 10.9. The second-order valence-electron chi connectivity index (χ2n) is 8.61. The van der Waals surface area contributed by atoms with Gasteiger partial charge in [0, 0.05) is 13.5 Å². The van der Waals surface area contributed by atoms with Crippen LogP contribution in [0.1, 0.15) is 55.5 Å². The Bertz CT molecular complexity index is 960. The Morgan fingerprint density at radius 3 is 2.27 bits per heavy atom. The Balaban J connectivity index is 0.000000365. The molecule has 33 heavy (non-hydrogen) atoms. The van der Waals surface area contributed by atoms with Gasteiger partial charge in [-0.05, 0) is 47.9 Å². The number of aliphatic carboxylic acids is 1. The number of hydrogen-bond donors (Lipinski definition) is 2. The average molecular weight is 465 g/mol. The molecule has 2 aromatic rings. The number of amides is 1. The van der Waals surface area contributed by atoms with Crippen LogP contribution in [-0.4, -0.2) is 34.5 Å². The van der Waals surface area contributed by atoms with Crippen LogP contribution in [0, 0.1) is 5.92 Å². The van der Waals surface area contributed by atoms with E-state index in [1.54, 1.807) is 11.0 Å². The normalized spacial score (nSPS) is 16.5. The van der Waals surface area contributed by atoms with Gasteiger partial charge >= 0.3 is 12.1 Å². The fourth-order valence-corrected chi connectivity index (χ4v) is 4.04. The van der Waals surface area contributed by atoms with Crippen molar-refractivity contribution in [2.75, 3.05) is 6.54 Å². The topological polar surface area (TPSA) is 83.6 Å². The Labute approximate surface area is 192 Å². The molecule has 1 aliphatic heterocycles. The van der Waals surface area contributed by atoms with Gasteiger partial charge in [-0.3, -0.25) is 9.59 Å². The molecule has 0 spiro atoms.